The van der Waals surface area contributed by atoms with Gasteiger partial charge in [0.1, 0.15) is 13.2 Å². The van der Waals surface area contributed by atoms with Crippen molar-refractivity contribution in [2.75, 3.05) is 13.2 Å². The van der Waals surface area contributed by atoms with Crippen LogP contribution in [0.3, 0.4) is 0 Å². The van der Waals surface area contributed by atoms with Gasteiger partial charge in [-0.1, -0.05) is 266 Å². The molecule has 72 heavy (non-hydrogen) atoms. The first-order valence-corrected chi connectivity index (χ1v) is 30.6. The van der Waals surface area contributed by atoms with E-state index >= 15 is 0 Å². The maximum absolute atomic E-state index is 12.8. The molecule has 0 bridgehead atoms. The number of carbonyl (C=O) groups excluding carboxylic acids is 3. The number of hydrogen-bond acceptors (Lipinski definition) is 6. The van der Waals surface area contributed by atoms with Crippen molar-refractivity contribution in [1.82, 2.24) is 0 Å². The van der Waals surface area contributed by atoms with Gasteiger partial charge in [-0.05, 0) is 96.3 Å². The maximum Gasteiger partial charge on any atom is 0.306 e. The third-order valence-electron chi connectivity index (χ3n) is 13.1. The predicted octanol–water partition coefficient (Wildman–Crippen LogP) is 20.7. The lowest BCUT2D eigenvalue weighted by Gasteiger charge is -2.18. The Morgan fingerprint density at radius 3 is 0.861 bits per heavy atom. The van der Waals surface area contributed by atoms with Crippen LogP contribution in [0.25, 0.3) is 0 Å². The standard InChI is InChI=1S/C66H114O6/c1-4-7-10-13-16-18-20-22-24-26-28-29-30-31-32-33-34-35-36-37-39-40-42-44-46-48-50-53-56-59-65(68)71-62-63(61-70-64(67)58-55-52-15-12-9-6-3)72-66(69)60-57-54-51-49-47-45-43-41-38-27-25-23-21-19-17-14-11-8-5-2/h7,10,16,18,22-25,28-29,31-32,34-35,63H,4-6,8-9,11-15,17,19-21,26-27,30,33,36-62H2,1-3H3/b10-7-,18-16-,24-22-,25-23-,29-28-,32-31-,35-34-. The molecule has 6 nitrogen and oxygen atoms in total. The van der Waals surface area contributed by atoms with Gasteiger partial charge >= 0.3 is 17.9 Å². The largest absolute Gasteiger partial charge is 0.462 e. The lowest BCUT2D eigenvalue weighted by Crippen LogP contribution is -2.30. The van der Waals surface area contributed by atoms with Crippen LogP contribution in [0.5, 0.6) is 0 Å². The van der Waals surface area contributed by atoms with Gasteiger partial charge < -0.3 is 14.2 Å². The highest BCUT2D eigenvalue weighted by molar-refractivity contribution is 5.71. The highest BCUT2D eigenvalue weighted by Crippen LogP contribution is 2.16. The van der Waals surface area contributed by atoms with Crippen LogP contribution in [0.1, 0.15) is 297 Å². The summed E-state index contributed by atoms with van der Waals surface area (Å²) in [6.45, 7) is 6.48. The van der Waals surface area contributed by atoms with Crippen molar-refractivity contribution >= 4 is 17.9 Å². The molecule has 0 heterocycles. The molecule has 0 aliphatic rings. The second-order valence-electron chi connectivity index (χ2n) is 20.2. The van der Waals surface area contributed by atoms with Crippen molar-refractivity contribution in [3.05, 3.63) is 85.1 Å². The summed E-state index contributed by atoms with van der Waals surface area (Å²) < 4.78 is 16.8. The van der Waals surface area contributed by atoms with E-state index in [1.54, 1.807) is 0 Å². The van der Waals surface area contributed by atoms with Gasteiger partial charge in [0.2, 0.25) is 0 Å². The number of esters is 3. The first-order valence-electron chi connectivity index (χ1n) is 30.6. The summed E-state index contributed by atoms with van der Waals surface area (Å²) in [5.41, 5.74) is 0. The van der Waals surface area contributed by atoms with Gasteiger partial charge in [-0.25, -0.2) is 0 Å². The molecule has 0 fully saturated rings. The molecule has 0 N–H and O–H groups in total. The van der Waals surface area contributed by atoms with Gasteiger partial charge in [0, 0.05) is 19.3 Å². The van der Waals surface area contributed by atoms with Gasteiger partial charge in [-0.2, -0.15) is 0 Å². The Hall–Kier alpha value is -3.41. The maximum atomic E-state index is 12.8. The SMILES string of the molecule is CC/C=C\C/C=C\C/C=C\C/C=C\C/C=C\C/C=C\CCCCCCCCCCCCC(=O)OCC(COC(=O)CCCCCCCC)OC(=O)CCCCCCCCCCC/C=C\CCCCCCCC. The van der Waals surface area contributed by atoms with E-state index < -0.39 is 6.10 Å². The summed E-state index contributed by atoms with van der Waals surface area (Å²) in [5, 5.41) is 0. The average Bonchev–Trinajstić information content (AvgIpc) is 3.38. The molecule has 0 spiro atoms. The van der Waals surface area contributed by atoms with Gasteiger partial charge in [0.15, 0.2) is 6.10 Å². The molecule has 0 saturated carbocycles. The second-order valence-corrected chi connectivity index (χ2v) is 20.2. The van der Waals surface area contributed by atoms with E-state index in [2.05, 4.69) is 106 Å². The van der Waals surface area contributed by atoms with Crippen LogP contribution in [0, 0.1) is 0 Å². The Bertz CT molecular complexity index is 1380. The molecule has 0 aromatic carbocycles. The molecule has 0 rings (SSSR count). The number of ether oxygens (including phenoxy) is 3. The van der Waals surface area contributed by atoms with E-state index in [9.17, 15) is 14.4 Å². The minimum atomic E-state index is -0.776. The molecule has 0 amide bonds. The molecular weight excluding hydrogens is 889 g/mol. The van der Waals surface area contributed by atoms with Gasteiger partial charge in [-0.15, -0.1) is 0 Å². The van der Waals surface area contributed by atoms with Crippen molar-refractivity contribution in [1.29, 1.82) is 0 Å². The van der Waals surface area contributed by atoms with E-state index in [1.165, 1.54) is 161 Å². The molecule has 0 aromatic rings. The monoisotopic (exact) mass is 1000 g/mol. The third-order valence-corrected chi connectivity index (χ3v) is 13.1. The van der Waals surface area contributed by atoms with E-state index in [1.807, 2.05) is 0 Å². The molecule has 0 aliphatic carbocycles. The highest BCUT2D eigenvalue weighted by atomic mass is 16.6. The normalized spacial score (nSPS) is 12.7. The van der Waals surface area contributed by atoms with E-state index in [0.29, 0.717) is 19.3 Å². The lowest BCUT2D eigenvalue weighted by atomic mass is 10.0. The summed E-state index contributed by atoms with van der Waals surface area (Å²) in [6.07, 6.45) is 79.0. The van der Waals surface area contributed by atoms with Crippen LogP contribution in [0.15, 0.2) is 85.1 Å². The van der Waals surface area contributed by atoms with Crippen molar-refractivity contribution in [2.45, 2.75) is 303 Å². The molecule has 1 unspecified atom stereocenters. The zero-order valence-electron chi connectivity index (χ0n) is 47.4. The second kappa shape index (κ2) is 60.1. The Morgan fingerprint density at radius 1 is 0.292 bits per heavy atom. The Morgan fingerprint density at radius 2 is 0.542 bits per heavy atom. The summed E-state index contributed by atoms with van der Waals surface area (Å²) >= 11 is 0. The third kappa shape index (κ3) is 57.5. The predicted molar refractivity (Wildman–Crippen MR) is 311 cm³/mol. The number of allylic oxidation sites excluding steroid dienone is 14. The highest BCUT2D eigenvalue weighted by Gasteiger charge is 2.19. The fourth-order valence-electron chi connectivity index (χ4n) is 8.56. The van der Waals surface area contributed by atoms with Crippen molar-refractivity contribution in [3.8, 4) is 0 Å². The lowest BCUT2D eigenvalue weighted by molar-refractivity contribution is -0.167. The van der Waals surface area contributed by atoms with Crippen LogP contribution < -0.4 is 0 Å². The van der Waals surface area contributed by atoms with E-state index in [-0.39, 0.29) is 31.1 Å². The molecule has 0 aromatic heterocycles. The van der Waals surface area contributed by atoms with Gasteiger partial charge in [0.25, 0.3) is 0 Å². The molecule has 0 saturated heterocycles. The van der Waals surface area contributed by atoms with E-state index in [4.69, 9.17) is 14.2 Å². The van der Waals surface area contributed by atoms with E-state index in [0.717, 1.165) is 96.3 Å². The fraction of sp³-hybridized carbons (Fsp3) is 0.742. The van der Waals surface area contributed by atoms with Gasteiger partial charge in [0.05, 0.1) is 0 Å². The average molecular weight is 1000 g/mol. The summed E-state index contributed by atoms with van der Waals surface area (Å²) in [4.78, 5) is 37.9. The first-order chi connectivity index (χ1) is 35.5. The number of hydrogen-bond donors (Lipinski definition) is 0. The van der Waals surface area contributed by atoms with Crippen molar-refractivity contribution in [3.63, 3.8) is 0 Å². The van der Waals surface area contributed by atoms with Crippen LogP contribution in [-0.2, 0) is 28.6 Å². The van der Waals surface area contributed by atoms with Crippen molar-refractivity contribution in [2.24, 2.45) is 0 Å². The zero-order chi connectivity index (χ0) is 52.2. The minimum Gasteiger partial charge on any atom is -0.462 e. The first kappa shape index (κ1) is 68.6. The molecule has 1 atom stereocenters. The van der Waals surface area contributed by atoms with Crippen LogP contribution in [0.2, 0.25) is 0 Å². The van der Waals surface area contributed by atoms with Crippen LogP contribution in [-0.4, -0.2) is 37.2 Å². The van der Waals surface area contributed by atoms with Gasteiger partial charge in [-0.3, -0.25) is 14.4 Å². The number of rotatable bonds is 55. The van der Waals surface area contributed by atoms with Crippen LogP contribution in [0.4, 0.5) is 0 Å². The Labute approximate surface area is 445 Å². The summed E-state index contributed by atoms with van der Waals surface area (Å²) in [5.74, 6) is -0.885. The summed E-state index contributed by atoms with van der Waals surface area (Å²) in [7, 11) is 0. The topological polar surface area (TPSA) is 78.9 Å². The zero-order valence-corrected chi connectivity index (χ0v) is 47.4. The Kier molecular flexibility index (Phi) is 57.3. The molecule has 414 valence electrons. The molecule has 0 radical (unpaired) electrons. The summed E-state index contributed by atoms with van der Waals surface area (Å²) in [6, 6.07) is 0. The smallest absolute Gasteiger partial charge is 0.306 e. The van der Waals surface area contributed by atoms with Crippen LogP contribution >= 0.6 is 0 Å². The molecule has 6 heteroatoms. The molecular formula is C66H114O6. The molecule has 0 aliphatic heterocycles. The number of unbranched alkanes of at least 4 members (excludes halogenated alkanes) is 30. The number of carbonyl (C=O) groups is 3. The minimum absolute atomic E-state index is 0.0767. The fourth-order valence-corrected chi connectivity index (χ4v) is 8.56. The van der Waals surface area contributed by atoms with Crippen molar-refractivity contribution < 1.29 is 28.6 Å². The Balaban J connectivity index is 4.10. The quantitative estimate of drug-likeness (QED) is 0.0261.